The topological polar surface area (TPSA) is 64.6 Å². The molecule has 0 unspecified atom stereocenters. The van der Waals surface area contributed by atoms with Crippen molar-refractivity contribution in [2.24, 2.45) is 0 Å². The van der Waals surface area contributed by atoms with Crippen molar-refractivity contribution in [2.45, 2.75) is 13.3 Å². The van der Waals surface area contributed by atoms with Crippen molar-refractivity contribution in [1.82, 2.24) is 5.32 Å². The van der Waals surface area contributed by atoms with Gasteiger partial charge in [0.2, 0.25) is 5.91 Å². The second-order valence-electron chi connectivity index (χ2n) is 5.00. The number of hydrogen-bond acceptors (Lipinski definition) is 4. The molecule has 5 heteroatoms. The molecule has 0 bridgehead atoms. The molecule has 0 saturated heterocycles. The average Bonchev–Trinajstić information content (AvgIpc) is 2.55. The number of carbonyl (C=O) groups excluding carboxylic acids is 2. The van der Waals surface area contributed by atoms with Gasteiger partial charge in [-0.2, -0.15) is 0 Å². The predicted molar refractivity (Wildman–Crippen MR) is 86.5 cm³/mol. The van der Waals surface area contributed by atoms with Crippen molar-refractivity contribution in [3.63, 3.8) is 0 Å². The third kappa shape index (κ3) is 4.85. The highest BCUT2D eigenvalue weighted by Crippen LogP contribution is 2.18. The Bertz CT molecular complexity index is 697. The molecule has 2 rings (SSSR count). The molecule has 0 aromatic heterocycles. The van der Waals surface area contributed by atoms with Gasteiger partial charge in [-0.05, 0) is 24.6 Å². The maximum absolute atomic E-state index is 11.9. The Morgan fingerprint density at radius 2 is 1.65 bits per heavy atom. The Morgan fingerprint density at radius 1 is 1.00 bits per heavy atom. The Hall–Kier alpha value is -2.82. The first-order chi connectivity index (χ1) is 11.1. The Balaban J connectivity index is 1.84. The highest BCUT2D eigenvalue weighted by molar-refractivity contribution is 5.84. The van der Waals surface area contributed by atoms with Gasteiger partial charge in [-0.3, -0.25) is 4.79 Å². The van der Waals surface area contributed by atoms with E-state index in [-0.39, 0.29) is 18.9 Å². The van der Waals surface area contributed by atoms with Gasteiger partial charge >= 0.3 is 5.97 Å². The number of methoxy groups -OCH3 is 1. The summed E-state index contributed by atoms with van der Waals surface area (Å²) in [6.45, 7) is 1.67. The number of carbonyl (C=O) groups is 2. The third-order valence-electron chi connectivity index (χ3n) is 3.29. The van der Waals surface area contributed by atoms with Crippen molar-refractivity contribution in [1.29, 1.82) is 0 Å². The lowest BCUT2D eigenvalue weighted by Crippen LogP contribution is -2.33. The summed E-state index contributed by atoms with van der Waals surface area (Å²) in [5.41, 5.74) is 1.63. The lowest BCUT2D eigenvalue weighted by atomic mass is 10.1. The number of esters is 1. The molecule has 1 N–H and O–H groups in total. The molecule has 0 aliphatic rings. The van der Waals surface area contributed by atoms with Crippen LogP contribution in [0.2, 0.25) is 0 Å². The van der Waals surface area contributed by atoms with Gasteiger partial charge in [-0.1, -0.05) is 36.4 Å². The van der Waals surface area contributed by atoms with Crippen LogP contribution in [0.25, 0.3) is 0 Å². The number of ether oxygens (including phenoxy) is 2. The molecule has 0 saturated carbocycles. The zero-order valence-electron chi connectivity index (χ0n) is 13.2. The van der Waals surface area contributed by atoms with Crippen LogP contribution in [0.4, 0.5) is 0 Å². The van der Waals surface area contributed by atoms with E-state index in [1.807, 2.05) is 37.3 Å². The van der Waals surface area contributed by atoms with E-state index in [0.717, 1.165) is 11.1 Å². The number of hydrogen-bond donors (Lipinski definition) is 1. The highest BCUT2D eigenvalue weighted by atomic mass is 16.5. The van der Waals surface area contributed by atoms with E-state index in [0.29, 0.717) is 11.5 Å². The van der Waals surface area contributed by atoms with Crippen molar-refractivity contribution in [3.8, 4) is 11.5 Å². The van der Waals surface area contributed by atoms with Crippen LogP contribution in [-0.4, -0.2) is 25.5 Å². The smallest absolute Gasteiger partial charge is 0.330 e. The fourth-order valence-corrected chi connectivity index (χ4v) is 2.08. The van der Waals surface area contributed by atoms with E-state index in [4.69, 9.17) is 9.47 Å². The summed E-state index contributed by atoms with van der Waals surface area (Å²) in [4.78, 5) is 23.7. The van der Waals surface area contributed by atoms with Crippen molar-refractivity contribution in [2.75, 3.05) is 13.7 Å². The molecule has 0 aliphatic heterocycles. The summed E-state index contributed by atoms with van der Waals surface area (Å²) >= 11 is 0. The van der Waals surface area contributed by atoms with Crippen LogP contribution in [0.15, 0.2) is 48.5 Å². The highest BCUT2D eigenvalue weighted by Gasteiger charge is 2.11. The maximum atomic E-state index is 11.9. The number of benzene rings is 2. The van der Waals surface area contributed by atoms with Gasteiger partial charge < -0.3 is 14.8 Å². The average molecular weight is 313 g/mol. The summed E-state index contributed by atoms with van der Waals surface area (Å²) in [6.07, 6.45) is 0.141. The Morgan fingerprint density at radius 3 is 2.35 bits per heavy atom. The molecule has 0 spiro atoms. The minimum Gasteiger partial charge on any atom is -0.496 e. The molecule has 1 amide bonds. The first kappa shape index (κ1) is 16.5. The van der Waals surface area contributed by atoms with E-state index in [9.17, 15) is 9.59 Å². The van der Waals surface area contributed by atoms with Crippen LogP contribution in [0.1, 0.15) is 11.1 Å². The lowest BCUT2D eigenvalue weighted by molar-refractivity contribution is -0.135. The first-order valence-corrected chi connectivity index (χ1v) is 7.25. The predicted octanol–water partition coefficient (Wildman–Crippen LogP) is 2.27. The number of rotatable bonds is 6. The van der Waals surface area contributed by atoms with Crippen LogP contribution in [-0.2, 0) is 16.0 Å². The minimum atomic E-state index is -0.507. The number of amides is 1. The number of aryl methyl sites for hydroxylation is 1. The fraction of sp³-hybridized carbons (Fsp3) is 0.222. The van der Waals surface area contributed by atoms with Crippen molar-refractivity contribution in [3.05, 3.63) is 59.7 Å². The van der Waals surface area contributed by atoms with Gasteiger partial charge in [0.15, 0.2) is 0 Å². The molecule has 0 aliphatic carbocycles. The standard InChI is InChI=1S/C18H19NO4/c1-13-7-3-5-9-15(13)23-18(21)12-19-17(20)11-14-8-4-6-10-16(14)22-2/h3-10H,11-12H2,1-2H3,(H,19,20). The van der Waals surface area contributed by atoms with E-state index >= 15 is 0 Å². The first-order valence-electron chi connectivity index (χ1n) is 7.25. The Labute approximate surface area is 135 Å². The van der Waals surface area contributed by atoms with E-state index < -0.39 is 5.97 Å². The lowest BCUT2D eigenvalue weighted by Gasteiger charge is -2.09. The molecule has 5 nitrogen and oxygen atoms in total. The number of para-hydroxylation sites is 2. The van der Waals surface area contributed by atoms with Crippen molar-refractivity contribution < 1.29 is 19.1 Å². The molecule has 0 atom stereocenters. The van der Waals surface area contributed by atoms with Crippen LogP contribution < -0.4 is 14.8 Å². The summed E-state index contributed by atoms with van der Waals surface area (Å²) in [5.74, 6) is 0.366. The zero-order valence-corrected chi connectivity index (χ0v) is 13.2. The quantitative estimate of drug-likeness (QED) is 0.656. The summed E-state index contributed by atoms with van der Waals surface area (Å²) in [7, 11) is 1.55. The molecule has 2 aromatic rings. The van der Waals surface area contributed by atoms with E-state index in [2.05, 4.69) is 5.32 Å². The van der Waals surface area contributed by atoms with Gasteiger partial charge in [-0.25, -0.2) is 4.79 Å². The van der Waals surface area contributed by atoms with Crippen LogP contribution >= 0.6 is 0 Å². The monoisotopic (exact) mass is 313 g/mol. The molecular formula is C18H19NO4. The van der Waals surface area contributed by atoms with E-state index in [1.165, 1.54) is 0 Å². The van der Waals surface area contributed by atoms with Gasteiger partial charge in [0.1, 0.15) is 18.0 Å². The van der Waals surface area contributed by atoms with Crippen molar-refractivity contribution >= 4 is 11.9 Å². The molecular weight excluding hydrogens is 294 g/mol. The molecule has 0 heterocycles. The summed E-state index contributed by atoms with van der Waals surface area (Å²) < 4.78 is 10.4. The summed E-state index contributed by atoms with van der Waals surface area (Å²) in [5, 5.41) is 2.55. The molecule has 120 valence electrons. The fourth-order valence-electron chi connectivity index (χ4n) is 2.08. The van der Waals surface area contributed by atoms with Gasteiger partial charge in [0.25, 0.3) is 0 Å². The second kappa shape index (κ2) is 7.98. The van der Waals surface area contributed by atoms with Crippen LogP contribution in [0, 0.1) is 6.92 Å². The zero-order chi connectivity index (χ0) is 16.7. The molecule has 0 radical (unpaired) electrons. The normalized spacial score (nSPS) is 10.0. The third-order valence-corrected chi connectivity index (χ3v) is 3.29. The summed E-state index contributed by atoms with van der Waals surface area (Å²) in [6, 6.07) is 14.5. The SMILES string of the molecule is COc1ccccc1CC(=O)NCC(=O)Oc1ccccc1C. The minimum absolute atomic E-state index is 0.141. The number of nitrogens with one attached hydrogen (secondary N) is 1. The second-order valence-corrected chi connectivity index (χ2v) is 5.00. The molecule has 0 fully saturated rings. The maximum Gasteiger partial charge on any atom is 0.330 e. The largest absolute Gasteiger partial charge is 0.496 e. The Kier molecular flexibility index (Phi) is 5.74. The molecule has 23 heavy (non-hydrogen) atoms. The van der Waals surface area contributed by atoms with Gasteiger partial charge in [0, 0.05) is 5.56 Å². The van der Waals surface area contributed by atoms with Crippen LogP contribution in [0.3, 0.4) is 0 Å². The molecule has 2 aromatic carbocycles. The van der Waals surface area contributed by atoms with Gasteiger partial charge in [0.05, 0.1) is 13.5 Å². The van der Waals surface area contributed by atoms with Gasteiger partial charge in [-0.15, -0.1) is 0 Å². The van der Waals surface area contributed by atoms with E-state index in [1.54, 1.807) is 25.3 Å². The van der Waals surface area contributed by atoms with Crippen LogP contribution in [0.5, 0.6) is 11.5 Å².